The normalized spacial score (nSPS) is 10.1. The Morgan fingerprint density at radius 3 is 2.81 bits per heavy atom. The molecule has 1 N–H and O–H groups in total. The van der Waals surface area contributed by atoms with Crippen molar-refractivity contribution >= 4 is 17.6 Å². The Labute approximate surface area is 95.7 Å². The van der Waals surface area contributed by atoms with Crippen LogP contribution < -0.4 is 0 Å². The number of pyridine rings is 1. The first-order valence-electron chi connectivity index (χ1n) is 4.36. The number of carbonyl (C=O) groups is 1. The number of carboxylic acids is 1. The molecule has 0 unspecified atom stereocenters. The monoisotopic (exact) mass is 235 g/mol. The number of rotatable bonds is 2. The molecule has 2 rings (SSSR count). The van der Waals surface area contributed by atoms with Gasteiger partial charge in [-0.05, 0) is 12.1 Å². The fourth-order valence-electron chi connectivity index (χ4n) is 1.28. The van der Waals surface area contributed by atoms with Gasteiger partial charge in [0.15, 0.2) is 5.15 Å². The Morgan fingerprint density at radius 1 is 1.38 bits per heavy atom. The lowest BCUT2D eigenvalue weighted by atomic mass is 10.1. The van der Waals surface area contributed by atoms with Gasteiger partial charge in [-0.25, -0.2) is 4.79 Å². The molecule has 16 heavy (non-hydrogen) atoms. The summed E-state index contributed by atoms with van der Waals surface area (Å²) in [7, 11) is 0. The molecule has 5 nitrogen and oxygen atoms in total. The predicted molar refractivity (Wildman–Crippen MR) is 57.2 cm³/mol. The molecule has 0 spiro atoms. The molecule has 0 radical (unpaired) electrons. The van der Waals surface area contributed by atoms with E-state index >= 15 is 0 Å². The van der Waals surface area contributed by atoms with E-state index in [1.54, 1.807) is 24.4 Å². The second-order valence-corrected chi connectivity index (χ2v) is 3.30. The third kappa shape index (κ3) is 1.85. The van der Waals surface area contributed by atoms with Gasteiger partial charge in [-0.3, -0.25) is 4.98 Å². The van der Waals surface area contributed by atoms with E-state index in [2.05, 4.69) is 15.2 Å². The van der Waals surface area contributed by atoms with E-state index in [0.717, 1.165) is 0 Å². The van der Waals surface area contributed by atoms with Crippen molar-refractivity contribution in [2.45, 2.75) is 0 Å². The van der Waals surface area contributed by atoms with Gasteiger partial charge < -0.3 is 5.11 Å². The number of nitrogens with zero attached hydrogens (tertiary/aromatic N) is 3. The van der Waals surface area contributed by atoms with Gasteiger partial charge in [-0.2, -0.15) is 5.10 Å². The Morgan fingerprint density at radius 2 is 2.19 bits per heavy atom. The summed E-state index contributed by atoms with van der Waals surface area (Å²) in [5.74, 6) is -1.15. The van der Waals surface area contributed by atoms with Crippen LogP contribution in [-0.2, 0) is 0 Å². The molecule has 0 aliphatic heterocycles. The predicted octanol–water partition coefficient (Wildman–Crippen LogP) is 1.89. The van der Waals surface area contributed by atoms with Crippen molar-refractivity contribution in [3.63, 3.8) is 0 Å². The third-order valence-electron chi connectivity index (χ3n) is 1.96. The molecule has 0 amide bonds. The first-order valence-corrected chi connectivity index (χ1v) is 4.74. The summed E-state index contributed by atoms with van der Waals surface area (Å²) in [6.45, 7) is 0. The Bertz CT molecular complexity index is 531. The number of aromatic nitrogens is 3. The highest BCUT2D eigenvalue weighted by atomic mass is 35.5. The second kappa shape index (κ2) is 4.24. The Hall–Kier alpha value is -2.01. The largest absolute Gasteiger partial charge is 0.478 e. The van der Waals surface area contributed by atoms with Crippen molar-refractivity contribution in [3.8, 4) is 11.3 Å². The van der Waals surface area contributed by atoms with E-state index in [4.69, 9.17) is 16.7 Å². The lowest BCUT2D eigenvalue weighted by molar-refractivity contribution is 0.0697. The van der Waals surface area contributed by atoms with Gasteiger partial charge in [0, 0.05) is 11.8 Å². The topological polar surface area (TPSA) is 76.0 Å². The SMILES string of the molecule is O=C(O)c1c(-c2ccccn2)cnnc1Cl. The fraction of sp³-hybridized carbons (Fsp3) is 0. The maximum atomic E-state index is 11.0. The molecule has 0 aliphatic rings. The smallest absolute Gasteiger partial charge is 0.339 e. The highest BCUT2D eigenvalue weighted by Gasteiger charge is 2.18. The van der Waals surface area contributed by atoms with E-state index in [0.29, 0.717) is 11.3 Å². The van der Waals surface area contributed by atoms with E-state index in [9.17, 15) is 4.79 Å². The fourth-order valence-corrected chi connectivity index (χ4v) is 1.51. The molecule has 0 atom stereocenters. The maximum absolute atomic E-state index is 11.0. The van der Waals surface area contributed by atoms with Crippen LogP contribution in [0.4, 0.5) is 0 Å². The quantitative estimate of drug-likeness (QED) is 0.860. The van der Waals surface area contributed by atoms with Crippen LogP contribution in [0.1, 0.15) is 10.4 Å². The average Bonchev–Trinajstić information content (AvgIpc) is 2.29. The number of hydrogen-bond donors (Lipinski definition) is 1. The molecule has 0 fully saturated rings. The van der Waals surface area contributed by atoms with Gasteiger partial charge in [0.25, 0.3) is 0 Å². The van der Waals surface area contributed by atoms with Crippen molar-refractivity contribution in [1.29, 1.82) is 0 Å². The average molecular weight is 236 g/mol. The zero-order valence-electron chi connectivity index (χ0n) is 7.96. The van der Waals surface area contributed by atoms with Crippen molar-refractivity contribution in [2.75, 3.05) is 0 Å². The van der Waals surface area contributed by atoms with Gasteiger partial charge in [0.2, 0.25) is 0 Å². The Kier molecular flexibility index (Phi) is 2.78. The minimum atomic E-state index is -1.15. The molecule has 0 saturated carbocycles. The summed E-state index contributed by atoms with van der Waals surface area (Å²) in [5, 5.41) is 16.0. The van der Waals surface area contributed by atoms with Crippen molar-refractivity contribution in [3.05, 3.63) is 41.3 Å². The van der Waals surface area contributed by atoms with Crippen LogP contribution in [0.5, 0.6) is 0 Å². The zero-order chi connectivity index (χ0) is 11.5. The molecule has 2 heterocycles. The standard InChI is InChI=1S/C10H6ClN3O2/c11-9-8(10(15)16)6(5-13-14-9)7-3-1-2-4-12-7/h1-5H,(H,15,16). The van der Waals surface area contributed by atoms with Crippen LogP contribution in [0.2, 0.25) is 5.15 Å². The number of hydrogen-bond acceptors (Lipinski definition) is 4. The summed E-state index contributed by atoms with van der Waals surface area (Å²) in [6, 6.07) is 5.17. The lowest BCUT2D eigenvalue weighted by Gasteiger charge is -2.04. The van der Waals surface area contributed by atoms with E-state index in [1.807, 2.05) is 0 Å². The van der Waals surface area contributed by atoms with Crippen LogP contribution >= 0.6 is 11.6 Å². The first kappa shape index (κ1) is 10.5. The first-order chi connectivity index (χ1) is 7.70. The minimum Gasteiger partial charge on any atom is -0.478 e. The van der Waals surface area contributed by atoms with Gasteiger partial charge in [0.05, 0.1) is 11.9 Å². The molecular weight excluding hydrogens is 230 g/mol. The molecular formula is C10H6ClN3O2. The molecule has 6 heteroatoms. The molecule has 2 aromatic heterocycles. The lowest BCUT2D eigenvalue weighted by Crippen LogP contribution is -2.04. The Balaban J connectivity index is 2.66. The highest BCUT2D eigenvalue weighted by Crippen LogP contribution is 2.24. The molecule has 0 aliphatic carbocycles. The summed E-state index contributed by atoms with van der Waals surface area (Å²) in [6.07, 6.45) is 2.90. The van der Waals surface area contributed by atoms with Crippen LogP contribution in [0.15, 0.2) is 30.6 Å². The summed E-state index contributed by atoms with van der Waals surface area (Å²) >= 11 is 5.69. The van der Waals surface area contributed by atoms with Crippen LogP contribution in [0.25, 0.3) is 11.3 Å². The summed E-state index contributed by atoms with van der Waals surface area (Å²) in [5.41, 5.74) is 0.764. The molecule has 0 saturated heterocycles. The van der Waals surface area contributed by atoms with Crippen molar-refractivity contribution in [1.82, 2.24) is 15.2 Å². The highest BCUT2D eigenvalue weighted by molar-refractivity contribution is 6.32. The molecule has 80 valence electrons. The van der Waals surface area contributed by atoms with Crippen LogP contribution in [0, 0.1) is 0 Å². The van der Waals surface area contributed by atoms with Crippen LogP contribution in [0.3, 0.4) is 0 Å². The number of carboxylic acid groups (broad SMARTS) is 1. The van der Waals surface area contributed by atoms with E-state index in [1.165, 1.54) is 6.20 Å². The van der Waals surface area contributed by atoms with Gasteiger partial charge in [-0.15, -0.1) is 5.10 Å². The van der Waals surface area contributed by atoms with Gasteiger partial charge in [0.1, 0.15) is 5.56 Å². The molecule has 2 aromatic rings. The second-order valence-electron chi connectivity index (χ2n) is 2.94. The number of aromatic carboxylic acids is 1. The third-order valence-corrected chi connectivity index (χ3v) is 2.23. The summed E-state index contributed by atoms with van der Waals surface area (Å²) < 4.78 is 0. The molecule has 0 bridgehead atoms. The zero-order valence-corrected chi connectivity index (χ0v) is 8.72. The van der Waals surface area contributed by atoms with Crippen LogP contribution in [-0.4, -0.2) is 26.3 Å². The van der Waals surface area contributed by atoms with Crippen molar-refractivity contribution < 1.29 is 9.90 Å². The van der Waals surface area contributed by atoms with Gasteiger partial charge >= 0.3 is 5.97 Å². The number of halogens is 1. The minimum absolute atomic E-state index is 0.0876. The van der Waals surface area contributed by atoms with Crippen molar-refractivity contribution in [2.24, 2.45) is 0 Å². The van der Waals surface area contributed by atoms with E-state index in [-0.39, 0.29) is 10.7 Å². The summed E-state index contributed by atoms with van der Waals surface area (Å²) in [4.78, 5) is 15.1. The van der Waals surface area contributed by atoms with E-state index < -0.39 is 5.97 Å². The van der Waals surface area contributed by atoms with Gasteiger partial charge in [-0.1, -0.05) is 17.7 Å². The maximum Gasteiger partial charge on any atom is 0.339 e. The molecule has 0 aromatic carbocycles.